The van der Waals surface area contributed by atoms with E-state index in [1.165, 1.54) is 35.2 Å². The molecule has 0 aliphatic rings. The first-order chi connectivity index (χ1) is 17.3. The van der Waals surface area contributed by atoms with E-state index in [9.17, 15) is 14.0 Å². The first-order valence-electron chi connectivity index (χ1n) is 11.2. The third-order valence-corrected chi connectivity index (χ3v) is 5.69. The van der Waals surface area contributed by atoms with Gasteiger partial charge in [0.2, 0.25) is 11.9 Å². The van der Waals surface area contributed by atoms with Crippen LogP contribution in [-0.2, 0) is 4.79 Å². The van der Waals surface area contributed by atoms with Gasteiger partial charge in [0, 0.05) is 34.6 Å². The van der Waals surface area contributed by atoms with E-state index in [-0.39, 0.29) is 18.7 Å². The van der Waals surface area contributed by atoms with Gasteiger partial charge in [-0.2, -0.15) is 0 Å². The Balaban J connectivity index is 1.61. The Labute approximate surface area is 213 Å². The van der Waals surface area contributed by atoms with Gasteiger partial charge in [-0.05, 0) is 61.0 Å². The van der Waals surface area contributed by atoms with Crippen molar-refractivity contribution < 1.29 is 14.0 Å². The molecule has 0 spiro atoms. The molecule has 4 rings (SSSR count). The van der Waals surface area contributed by atoms with Crippen LogP contribution in [0.2, 0.25) is 5.02 Å². The normalized spacial score (nSPS) is 10.6. The minimum absolute atomic E-state index is 0.145. The first-order valence-corrected chi connectivity index (χ1v) is 11.6. The van der Waals surface area contributed by atoms with Crippen molar-refractivity contribution in [2.45, 2.75) is 6.92 Å². The summed E-state index contributed by atoms with van der Waals surface area (Å²) in [6, 6.07) is 20.2. The summed E-state index contributed by atoms with van der Waals surface area (Å²) in [4.78, 5) is 32.0. The van der Waals surface area contributed by atoms with Crippen LogP contribution in [0.4, 0.5) is 10.3 Å². The Kier molecular flexibility index (Phi) is 7.61. The smallest absolute Gasteiger partial charge is 0.254 e. The van der Waals surface area contributed by atoms with Gasteiger partial charge in [-0.15, -0.1) is 6.58 Å². The molecule has 1 aromatic heterocycles. The van der Waals surface area contributed by atoms with Gasteiger partial charge < -0.3 is 4.90 Å². The number of hydrogen-bond donors (Lipinski definition) is 1. The van der Waals surface area contributed by atoms with Crippen LogP contribution in [0.3, 0.4) is 0 Å². The molecule has 8 heteroatoms. The highest BCUT2D eigenvalue weighted by molar-refractivity contribution is 6.30. The summed E-state index contributed by atoms with van der Waals surface area (Å²) in [7, 11) is 0. The number of imidazole rings is 1. The molecule has 1 heterocycles. The third-order valence-electron chi connectivity index (χ3n) is 5.44. The molecule has 0 saturated carbocycles. The minimum atomic E-state index is -0.445. The molecule has 36 heavy (non-hydrogen) atoms. The predicted molar refractivity (Wildman–Crippen MR) is 140 cm³/mol. The molecular weight excluding hydrogens is 479 g/mol. The van der Waals surface area contributed by atoms with Crippen LogP contribution in [0.5, 0.6) is 0 Å². The summed E-state index contributed by atoms with van der Waals surface area (Å²) in [6.45, 7) is 5.56. The molecule has 0 aliphatic heterocycles. The van der Waals surface area contributed by atoms with Crippen molar-refractivity contribution in [2.24, 2.45) is 0 Å². The summed E-state index contributed by atoms with van der Waals surface area (Å²) in [5.74, 6) is -0.981. The van der Waals surface area contributed by atoms with E-state index >= 15 is 0 Å². The molecule has 6 nitrogen and oxygen atoms in total. The number of aryl methyl sites for hydroxylation is 1. The number of rotatable bonds is 8. The second-order valence-corrected chi connectivity index (χ2v) is 8.63. The highest BCUT2D eigenvalue weighted by Crippen LogP contribution is 2.26. The van der Waals surface area contributed by atoms with Crippen molar-refractivity contribution in [1.29, 1.82) is 0 Å². The van der Waals surface area contributed by atoms with Crippen molar-refractivity contribution in [1.82, 2.24) is 14.5 Å². The van der Waals surface area contributed by atoms with Gasteiger partial charge in [0.25, 0.3) is 5.91 Å². The highest BCUT2D eigenvalue weighted by atomic mass is 35.5. The molecule has 0 radical (unpaired) electrons. The van der Waals surface area contributed by atoms with E-state index in [2.05, 4.69) is 16.9 Å². The topological polar surface area (TPSA) is 67.2 Å². The fourth-order valence-electron chi connectivity index (χ4n) is 3.69. The zero-order chi connectivity index (χ0) is 25.7. The molecule has 0 saturated heterocycles. The van der Waals surface area contributed by atoms with Crippen molar-refractivity contribution in [2.75, 3.05) is 18.4 Å². The molecule has 1 N–H and O–H groups in total. The number of carbonyl (C=O) groups is 2. The Morgan fingerprint density at radius 2 is 1.83 bits per heavy atom. The summed E-state index contributed by atoms with van der Waals surface area (Å²) in [6.07, 6.45) is 3.36. The number of nitrogens with one attached hydrogen (secondary N) is 1. The quantitative estimate of drug-likeness (QED) is 0.305. The predicted octanol–water partition coefficient (Wildman–Crippen LogP) is 5.91. The van der Waals surface area contributed by atoms with Gasteiger partial charge in [-0.3, -0.25) is 19.5 Å². The Morgan fingerprint density at radius 3 is 2.50 bits per heavy atom. The van der Waals surface area contributed by atoms with Crippen LogP contribution >= 0.6 is 11.6 Å². The number of benzene rings is 3. The average Bonchev–Trinajstić information content (AvgIpc) is 3.28. The maximum atomic E-state index is 13.3. The minimum Gasteiger partial charge on any atom is -0.326 e. The largest absolute Gasteiger partial charge is 0.326 e. The summed E-state index contributed by atoms with van der Waals surface area (Å²) < 4.78 is 15.1. The lowest BCUT2D eigenvalue weighted by molar-refractivity contribution is -0.116. The number of aromatic nitrogens is 2. The molecule has 0 unspecified atom stereocenters. The zero-order valence-electron chi connectivity index (χ0n) is 19.6. The van der Waals surface area contributed by atoms with E-state index in [1.54, 1.807) is 16.7 Å². The Hall–Kier alpha value is -4.23. The van der Waals surface area contributed by atoms with Crippen molar-refractivity contribution in [3.8, 4) is 16.9 Å². The molecule has 0 bridgehead atoms. The summed E-state index contributed by atoms with van der Waals surface area (Å²) in [5.41, 5.74) is 3.63. The van der Waals surface area contributed by atoms with Gasteiger partial charge in [-0.1, -0.05) is 41.9 Å². The second kappa shape index (κ2) is 11.0. The van der Waals surface area contributed by atoms with E-state index < -0.39 is 17.6 Å². The average molecular weight is 503 g/mol. The SMILES string of the molecule is C=CCN(CC(=O)Nc1nc(-c2ccc(Cl)cc2)cn1-c1cccc(C)c1)C(=O)c1ccc(F)cc1. The lowest BCUT2D eigenvalue weighted by atomic mass is 10.2. The second-order valence-electron chi connectivity index (χ2n) is 8.20. The van der Waals surface area contributed by atoms with E-state index in [1.807, 2.05) is 49.5 Å². The number of anilines is 1. The van der Waals surface area contributed by atoms with Crippen LogP contribution < -0.4 is 5.32 Å². The number of hydrogen-bond acceptors (Lipinski definition) is 3. The number of amides is 2. The maximum Gasteiger partial charge on any atom is 0.254 e. The third kappa shape index (κ3) is 5.87. The van der Waals surface area contributed by atoms with Crippen LogP contribution in [0.15, 0.2) is 91.6 Å². The van der Waals surface area contributed by atoms with Crippen molar-refractivity contribution >= 4 is 29.4 Å². The van der Waals surface area contributed by atoms with E-state index in [0.717, 1.165) is 16.8 Å². The number of carbonyl (C=O) groups excluding carboxylic acids is 2. The summed E-state index contributed by atoms with van der Waals surface area (Å²) in [5, 5.41) is 3.44. The van der Waals surface area contributed by atoms with Gasteiger partial charge in [0.05, 0.1) is 5.69 Å². The lowest BCUT2D eigenvalue weighted by Gasteiger charge is -2.20. The number of nitrogens with zero attached hydrogens (tertiary/aromatic N) is 3. The van der Waals surface area contributed by atoms with Crippen molar-refractivity contribution in [3.05, 3.63) is 114 Å². The zero-order valence-corrected chi connectivity index (χ0v) is 20.4. The standard InChI is InChI=1S/C28H24ClFN4O2/c1-3-15-33(27(36)21-9-13-23(30)14-10-21)18-26(35)32-28-31-25(20-7-11-22(29)12-8-20)17-34(28)24-6-4-5-19(2)16-24/h3-14,16-17H,1,15,18H2,2H3,(H,31,32,35). The van der Waals surface area contributed by atoms with Gasteiger partial charge in [0.1, 0.15) is 12.4 Å². The maximum absolute atomic E-state index is 13.3. The van der Waals surface area contributed by atoms with E-state index in [0.29, 0.717) is 16.7 Å². The van der Waals surface area contributed by atoms with Crippen molar-refractivity contribution in [3.63, 3.8) is 0 Å². The summed E-state index contributed by atoms with van der Waals surface area (Å²) >= 11 is 6.03. The monoisotopic (exact) mass is 502 g/mol. The molecular formula is C28H24ClFN4O2. The van der Waals surface area contributed by atoms with Crippen LogP contribution in [0.25, 0.3) is 16.9 Å². The molecule has 0 atom stereocenters. The molecule has 4 aromatic rings. The molecule has 3 aromatic carbocycles. The Bertz CT molecular complexity index is 1400. The highest BCUT2D eigenvalue weighted by Gasteiger charge is 2.20. The molecule has 2 amide bonds. The fourth-order valence-corrected chi connectivity index (χ4v) is 3.82. The van der Waals surface area contributed by atoms with Gasteiger partial charge >= 0.3 is 0 Å². The lowest BCUT2D eigenvalue weighted by Crippen LogP contribution is -2.38. The molecule has 182 valence electrons. The van der Waals surface area contributed by atoms with Crippen LogP contribution in [0.1, 0.15) is 15.9 Å². The van der Waals surface area contributed by atoms with E-state index in [4.69, 9.17) is 11.6 Å². The Morgan fingerprint density at radius 1 is 1.11 bits per heavy atom. The fraction of sp³-hybridized carbons (Fsp3) is 0.107. The molecule has 0 fully saturated rings. The van der Waals surface area contributed by atoms with Crippen LogP contribution in [0, 0.1) is 12.7 Å². The first kappa shape index (κ1) is 24.9. The van der Waals surface area contributed by atoms with Gasteiger partial charge in [-0.25, -0.2) is 9.37 Å². The van der Waals surface area contributed by atoms with Gasteiger partial charge in [0.15, 0.2) is 0 Å². The number of halogens is 2. The van der Waals surface area contributed by atoms with Crippen LogP contribution in [-0.4, -0.2) is 39.4 Å². The molecule has 0 aliphatic carbocycles.